The molecule has 2 unspecified atom stereocenters. The molecule has 1 aromatic heterocycles. The minimum atomic E-state index is -1.16. The molecule has 0 spiro atoms. The van der Waals surface area contributed by atoms with Gasteiger partial charge in [0.2, 0.25) is 0 Å². The van der Waals surface area contributed by atoms with Crippen LogP contribution in [-0.2, 0) is 9.53 Å². The number of ether oxygens (including phenoxy) is 1. The van der Waals surface area contributed by atoms with Crippen LogP contribution in [0.4, 0.5) is 0 Å². The van der Waals surface area contributed by atoms with E-state index in [9.17, 15) is 15.0 Å². The van der Waals surface area contributed by atoms with E-state index in [1.165, 1.54) is 11.3 Å². The molecule has 0 amide bonds. The number of carbonyl (C=O) groups excluding carboxylic acids is 1. The topological polar surface area (TPSA) is 66.8 Å². The summed E-state index contributed by atoms with van der Waals surface area (Å²) in [5.74, 6) is -0.510. The fourth-order valence-corrected chi connectivity index (χ4v) is 3.02. The molecule has 0 fully saturated rings. The van der Waals surface area contributed by atoms with Crippen molar-refractivity contribution in [1.82, 2.24) is 0 Å². The third-order valence-electron chi connectivity index (χ3n) is 3.02. The molecule has 2 aromatic rings. The molecule has 2 rings (SSSR count). The van der Waals surface area contributed by atoms with E-state index in [0.29, 0.717) is 4.88 Å². The van der Waals surface area contributed by atoms with Crippen molar-refractivity contribution in [3.63, 3.8) is 0 Å². The number of rotatable bonds is 6. The zero-order valence-corrected chi connectivity index (χ0v) is 12.5. The minimum absolute atomic E-state index is 0.215. The van der Waals surface area contributed by atoms with Crippen molar-refractivity contribution in [2.45, 2.75) is 25.6 Å². The summed E-state index contributed by atoms with van der Waals surface area (Å²) in [6, 6.07) is 13.5. The van der Waals surface area contributed by atoms with Crippen molar-refractivity contribution in [2.75, 3.05) is 6.61 Å². The minimum Gasteiger partial charge on any atom is -0.466 e. The normalized spacial score (nSPS) is 13.7. The third-order valence-corrected chi connectivity index (χ3v) is 4.23. The van der Waals surface area contributed by atoms with Gasteiger partial charge in [-0.1, -0.05) is 30.3 Å². The monoisotopic (exact) mass is 306 g/mol. The Morgan fingerprint density at radius 3 is 2.57 bits per heavy atom. The van der Waals surface area contributed by atoms with Gasteiger partial charge >= 0.3 is 5.97 Å². The van der Waals surface area contributed by atoms with Gasteiger partial charge in [0.25, 0.3) is 0 Å². The van der Waals surface area contributed by atoms with Gasteiger partial charge in [0.05, 0.1) is 19.1 Å². The molecule has 0 aliphatic rings. The molecular formula is C16H18O4S. The molecule has 1 heterocycles. The Morgan fingerprint density at radius 2 is 1.90 bits per heavy atom. The van der Waals surface area contributed by atoms with Crippen LogP contribution in [0.2, 0.25) is 0 Å². The van der Waals surface area contributed by atoms with E-state index >= 15 is 0 Å². The van der Waals surface area contributed by atoms with Crippen molar-refractivity contribution >= 4 is 17.3 Å². The Hall–Kier alpha value is -1.69. The van der Waals surface area contributed by atoms with Gasteiger partial charge in [-0.2, -0.15) is 0 Å². The average molecular weight is 306 g/mol. The maximum absolute atomic E-state index is 11.3. The maximum Gasteiger partial charge on any atom is 0.308 e. The van der Waals surface area contributed by atoms with Crippen molar-refractivity contribution < 1.29 is 19.7 Å². The van der Waals surface area contributed by atoms with E-state index in [4.69, 9.17) is 4.74 Å². The molecule has 21 heavy (non-hydrogen) atoms. The van der Waals surface area contributed by atoms with Gasteiger partial charge in [-0.15, -0.1) is 11.3 Å². The van der Waals surface area contributed by atoms with Gasteiger partial charge in [-0.25, -0.2) is 0 Å². The van der Waals surface area contributed by atoms with Crippen LogP contribution in [0.15, 0.2) is 42.5 Å². The van der Waals surface area contributed by atoms with Crippen molar-refractivity contribution in [1.29, 1.82) is 0 Å². The zero-order valence-electron chi connectivity index (χ0n) is 11.7. The number of hydrogen-bond acceptors (Lipinski definition) is 5. The molecule has 0 radical (unpaired) electrons. The highest BCUT2D eigenvalue weighted by atomic mass is 32.1. The van der Waals surface area contributed by atoms with Crippen molar-refractivity contribution in [2.24, 2.45) is 0 Å². The van der Waals surface area contributed by atoms with E-state index in [-0.39, 0.29) is 13.0 Å². The lowest BCUT2D eigenvalue weighted by molar-refractivity contribution is -0.147. The Balaban J connectivity index is 2.05. The molecule has 2 N–H and O–H groups in total. The predicted octanol–water partition coefficient (Wildman–Crippen LogP) is 2.76. The molecule has 1 aromatic carbocycles. The van der Waals surface area contributed by atoms with Gasteiger partial charge in [-0.05, 0) is 24.6 Å². The summed E-state index contributed by atoms with van der Waals surface area (Å²) in [6.45, 7) is 1.96. The van der Waals surface area contributed by atoms with Gasteiger partial charge in [0, 0.05) is 9.75 Å². The van der Waals surface area contributed by atoms with Gasteiger partial charge in [0.15, 0.2) is 0 Å². The number of thiophene rings is 1. The van der Waals surface area contributed by atoms with E-state index in [1.54, 1.807) is 13.0 Å². The summed E-state index contributed by atoms with van der Waals surface area (Å²) in [5.41, 5.74) is 1.06. The van der Waals surface area contributed by atoms with Crippen LogP contribution in [0.25, 0.3) is 10.4 Å². The highest BCUT2D eigenvalue weighted by Gasteiger charge is 2.23. The molecule has 0 aliphatic carbocycles. The first-order valence-electron chi connectivity index (χ1n) is 6.78. The molecule has 4 nitrogen and oxygen atoms in total. The van der Waals surface area contributed by atoms with Crippen LogP contribution in [0, 0.1) is 0 Å². The van der Waals surface area contributed by atoms with Crippen LogP contribution >= 0.6 is 11.3 Å². The van der Waals surface area contributed by atoms with E-state index in [1.807, 2.05) is 36.4 Å². The first-order valence-corrected chi connectivity index (χ1v) is 7.60. The zero-order chi connectivity index (χ0) is 15.2. The van der Waals surface area contributed by atoms with Gasteiger partial charge in [-0.3, -0.25) is 4.79 Å². The summed E-state index contributed by atoms with van der Waals surface area (Å²) in [7, 11) is 0. The summed E-state index contributed by atoms with van der Waals surface area (Å²) >= 11 is 1.40. The van der Waals surface area contributed by atoms with Gasteiger partial charge < -0.3 is 14.9 Å². The largest absolute Gasteiger partial charge is 0.466 e. The van der Waals surface area contributed by atoms with Crippen LogP contribution < -0.4 is 0 Å². The molecule has 112 valence electrons. The van der Waals surface area contributed by atoms with Gasteiger partial charge in [0.1, 0.15) is 6.10 Å². The Kier molecular flexibility index (Phi) is 5.50. The fraction of sp³-hybridized carbons (Fsp3) is 0.312. The standard InChI is InChI=1S/C16H18O4S/c1-2-20-15(18)10-12(17)16(19)14-9-8-13(21-14)11-6-4-3-5-7-11/h3-9,12,16-17,19H,2,10H2,1H3. The number of carbonyl (C=O) groups is 1. The number of aliphatic hydroxyl groups excluding tert-OH is 2. The van der Waals surface area contributed by atoms with Crippen LogP contribution in [0.3, 0.4) is 0 Å². The van der Waals surface area contributed by atoms with E-state index < -0.39 is 18.2 Å². The van der Waals surface area contributed by atoms with E-state index in [0.717, 1.165) is 10.4 Å². The summed E-state index contributed by atoms with van der Waals surface area (Å²) < 4.78 is 4.77. The highest BCUT2D eigenvalue weighted by Crippen LogP contribution is 2.33. The van der Waals surface area contributed by atoms with Crippen molar-refractivity contribution in [3.05, 3.63) is 47.3 Å². The number of esters is 1. The SMILES string of the molecule is CCOC(=O)CC(O)C(O)c1ccc(-c2ccccc2)s1. The predicted molar refractivity (Wildman–Crippen MR) is 82.0 cm³/mol. The second-order valence-electron chi connectivity index (χ2n) is 4.59. The molecule has 2 atom stereocenters. The molecule has 0 bridgehead atoms. The summed E-state index contributed by atoms with van der Waals surface area (Å²) in [4.78, 5) is 13.0. The highest BCUT2D eigenvalue weighted by molar-refractivity contribution is 7.15. The lowest BCUT2D eigenvalue weighted by Crippen LogP contribution is -2.22. The number of hydrogen-bond donors (Lipinski definition) is 2. The fourth-order valence-electron chi connectivity index (χ4n) is 1.96. The summed E-state index contributed by atoms with van der Waals surface area (Å²) in [5, 5.41) is 20.0. The lowest BCUT2D eigenvalue weighted by atomic mass is 10.1. The van der Waals surface area contributed by atoms with Crippen LogP contribution in [-0.4, -0.2) is 28.9 Å². The maximum atomic E-state index is 11.3. The Bertz CT molecular complexity index is 579. The third kappa shape index (κ3) is 4.14. The quantitative estimate of drug-likeness (QED) is 0.805. The first kappa shape index (κ1) is 15.7. The average Bonchev–Trinajstić information content (AvgIpc) is 2.97. The second kappa shape index (κ2) is 7.36. The lowest BCUT2D eigenvalue weighted by Gasteiger charge is -2.15. The molecular weight excluding hydrogens is 288 g/mol. The smallest absolute Gasteiger partial charge is 0.308 e. The number of benzene rings is 1. The number of aliphatic hydroxyl groups is 2. The first-order chi connectivity index (χ1) is 10.1. The Morgan fingerprint density at radius 1 is 1.19 bits per heavy atom. The second-order valence-corrected chi connectivity index (χ2v) is 5.70. The van der Waals surface area contributed by atoms with E-state index in [2.05, 4.69) is 0 Å². The molecule has 5 heteroatoms. The molecule has 0 saturated heterocycles. The molecule has 0 aliphatic heterocycles. The van der Waals surface area contributed by atoms with Crippen LogP contribution in [0.5, 0.6) is 0 Å². The van der Waals surface area contributed by atoms with Crippen molar-refractivity contribution in [3.8, 4) is 10.4 Å². The van der Waals surface area contributed by atoms with Crippen LogP contribution in [0.1, 0.15) is 24.3 Å². The molecule has 0 saturated carbocycles. The summed E-state index contributed by atoms with van der Waals surface area (Å²) in [6.07, 6.45) is -2.46. The Labute approximate surface area is 127 Å².